The number of amides is 1. The molecule has 1 unspecified atom stereocenters. The standard InChI is InChI=1S/C19H26N8O2S/c1-4-5-6-9-15(28)22-19-21-14(12-30-19)11-29-24-17(18-23-25-26-27(18)3)16-13(2)8-7-10-20-16/h7-8,10,14H,4-6,9,11-12H2,1-3H3,(H,21,22,28)/b24-17+. The van der Waals surface area contributed by atoms with Gasteiger partial charge in [0.25, 0.3) is 0 Å². The first-order valence-electron chi connectivity index (χ1n) is 9.93. The molecule has 0 fully saturated rings. The van der Waals surface area contributed by atoms with Crippen LogP contribution >= 0.6 is 11.8 Å². The first-order valence-corrected chi connectivity index (χ1v) is 10.9. The lowest BCUT2D eigenvalue weighted by Crippen LogP contribution is -2.27. The largest absolute Gasteiger partial charge is 0.393 e. The minimum absolute atomic E-state index is 0.0111. The zero-order valence-electron chi connectivity index (χ0n) is 17.4. The maximum Gasteiger partial charge on any atom is 0.225 e. The monoisotopic (exact) mass is 430 g/mol. The highest BCUT2D eigenvalue weighted by molar-refractivity contribution is 8.14. The topological polar surface area (TPSA) is 120 Å². The molecule has 1 atom stereocenters. The Hall–Kier alpha value is -2.82. The highest BCUT2D eigenvalue weighted by atomic mass is 32.2. The number of oxime groups is 1. The normalized spacial score (nSPS) is 16.4. The molecular weight excluding hydrogens is 404 g/mol. The van der Waals surface area contributed by atoms with Crippen LogP contribution < -0.4 is 5.32 Å². The molecule has 0 radical (unpaired) electrons. The Morgan fingerprint density at radius 1 is 1.43 bits per heavy atom. The number of carbonyl (C=O) groups is 1. The van der Waals surface area contributed by atoms with Crippen LogP contribution in [0.1, 0.15) is 49.7 Å². The summed E-state index contributed by atoms with van der Waals surface area (Å²) < 4.78 is 1.52. The Bertz CT molecular complexity index is 927. The van der Waals surface area contributed by atoms with Crippen LogP contribution in [0.5, 0.6) is 0 Å². The number of carbonyl (C=O) groups excluding carboxylic acids is 1. The summed E-state index contributed by atoms with van der Waals surface area (Å²) in [7, 11) is 1.73. The van der Waals surface area contributed by atoms with E-state index in [-0.39, 0.29) is 18.6 Å². The number of amidine groups is 1. The molecule has 0 saturated carbocycles. The minimum Gasteiger partial charge on any atom is -0.393 e. The fourth-order valence-electron chi connectivity index (χ4n) is 2.83. The second kappa shape index (κ2) is 10.8. The lowest BCUT2D eigenvalue weighted by molar-refractivity contribution is -0.119. The van der Waals surface area contributed by atoms with Crippen molar-refractivity contribution in [3.63, 3.8) is 0 Å². The predicted molar refractivity (Wildman–Crippen MR) is 115 cm³/mol. The summed E-state index contributed by atoms with van der Waals surface area (Å²) in [5.41, 5.74) is 2.05. The number of tetrazole rings is 1. The van der Waals surface area contributed by atoms with Crippen molar-refractivity contribution in [1.29, 1.82) is 0 Å². The molecule has 11 heteroatoms. The molecule has 3 rings (SSSR count). The van der Waals surface area contributed by atoms with E-state index in [1.807, 2.05) is 19.1 Å². The predicted octanol–water partition coefficient (Wildman–Crippen LogP) is 1.85. The van der Waals surface area contributed by atoms with E-state index in [2.05, 4.69) is 42.9 Å². The van der Waals surface area contributed by atoms with E-state index in [4.69, 9.17) is 4.84 Å². The third kappa shape index (κ3) is 5.85. The summed E-state index contributed by atoms with van der Waals surface area (Å²) in [5.74, 6) is 1.20. The first kappa shape index (κ1) is 21.9. The molecule has 0 spiro atoms. The summed E-state index contributed by atoms with van der Waals surface area (Å²) in [6.45, 7) is 4.33. The van der Waals surface area contributed by atoms with Crippen molar-refractivity contribution in [3.05, 3.63) is 35.4 Å². The molecule has 2 aromatic heterocycles. The second-order valence-electron chi connectivity index (χ2n) is 6.94. The Balaban J connectivity index is 1.62. The number of aromatic nitrogens is 5. The molecule has 1 amide bonds. The maximum atomic E-state index is 11.9. The molecule has 1 aliphatic rings. The average Bonchev–Trinajstić information content (AvgIpc) is 3.35. The lowest BCUT2D eigenvalue weighted by Gasteiger charge is -2.08. The van der Waals surface area contributed by atoms with Crippen molar-refractivity contribution in [2.24, 2.45) is 17.2 Å². The average molecular weight is 431 g/mol. The van der Waals surface area contributed by atoms with E-state index in [9.17, 15) is 4.79 Å². The molecule has 30 heavy (non-hydrogen) atoms. The summed E-state index contributed by atoms with van der Waals surface area (Å²) in [6.07, 6.45) is 5.26. The van der Waals surface area contributed by atoms with Crippen LogP contribution in [-0.4, -0.2) is 60.4 Å². The van der Waals surface area contributed by atoms with Gasteiger partial charge in [0.1, 0.15) is 6.61 Å². The van der Waals surface area contributed by atoms with Gasteiger partial charge in [0.2, 0.25) is 11.7 Å². The van der Waals surface area contributed by atoms with Gasteiger partial charge in [-0.3, -0.25) is 14.8 Å². The Morgan fingerprint density at radius 2 is 2.30 bits per heavy atom. The van der Waals surface area contributed by atoms with Crippen molar-refractivity contribution in [2.75, 3.05) is 12.4 Å². The molecule has 0 aromatic carbocycles. The van der Waals surface area contributed by atoms with Gasteiger partial charge < -0.3 is 10.2 Å². The molecule has 10 nitrogen and oxygen atoms in total. The van der Waals surface area contributed by atoms with Crippen LogP contribution in [-0.2, 0) is 16.7 Å². The zero-order valence-corrected chi connectivity index (χ0v) is 18.2. The highest BCUT2D eigenvalue weighted by Gasteiger charge is 2.22. The van der Waals surface area contributed by atoms with Gasteiger partial charge in [-0.25, -0.2) is 4.68 Å². The van der Waals surface area contributed by atoms with Crippen LogP contribution in [0.15, 0.2) is 28.5 Å². The molecule has 0 bridgehead atoms. The number of aliphatic imine (C=N–C) groups is 1. The van der Waals surface area contributed by atoms with E-state index in [0.29, 0.717) is 28.8 Å². The smallest absolute Gasteiger partial charge is 0.225 e. The third-order valence-corrected chi connectivity index (χ3v) is 5.49. The van der Waals surface area contributed by atoms with E-state index in [1.165, 1.54) is 16.4 Å². The van der Waals surface area contributed by atoms with Gasteiger partial charge in [0.05, 0.1) is 11.7 Å². The SMILES string of the molecule is CCCCCC(=O)NC1=NC(CO/N=C(\c2ncccc2C)c2nnnn2C)CS1. The van der Waals surface area contributed by atoms with Crippen molar-refractivity contribution < 1.29 is 9.63 Å². The second-order valence-corrected chi connectivity index (χ2v) is 7.94. The summed E-state index contributed by atoms with van der Waals surface area (Å²) >= 11 is 1.52. The summed E-state index contributed by atoms with van der Waals surface area (Å²) in [5, 5.41) is 19.4. The van der Waals surface area contributed by atoms with Gasteiger partial charge in [-0.15, -0.1) is 5.10 Å². The number of hydrogen-bond donors (Lipinski definition) is 1. The molecular formula is C19H26N8O2S. The number of unbranched alkanes of at least 4 members (excludes halogenated alkanes) is 2. The summed E-state index contributed by atoms with van der Waals surface area (Å²) in [4.78, 5) is 26.5. The van der Waals surface area contributed by atoms with Crippen molar-refractivity contribution in [3.8, 4) is 0 Å². The Labute approximate surface area is 179 Å². The number of nitrogens with zero attached hydrogens (tertiary/aromatic N) is 7. The quantitative estimate of drug-likeness (QED) is 0.366. The minimum atomic E-state index is -0.0895. The van der Waals surface area contributed by atoms with Crippen LogP contribution in [0, 0.1) is 6.92 Å². The van der Waals surface area contributed by atoms with E-state index in [1.54, 1.807) is 13.2 Å². The van der Waals surface area contributed by atoms with Crippen LogP contribution in [0.2, 0.25) is 0 Å². The fourth-order valence-corrected chi connectivity index (χ4v) is 3.76. The molecule has 1 N–H and O–H groups in total. The molecule has 1 aliphatic heterocycles. The third-order valence-electron chi connectivity index (χ3n) is 4.45. The van der Waals surface area contributed by atoms with E-state index >= 15 is 0 Å². The zero-order chi connectivity index (χ0) is 21.3. The molecule has 160 valence electrons. The fraction of sp³-hybridized carbons (Fsp3) is 0.526. The van der Waals surface area contributed by atoms with E-state index in [0.717, 1.165) is 30.6 Å². The van der Waals surface area contributed by atoms with Crippen molar-refractivity contribution in [2.45, 2.75) is 45.6 Å². The molecule has 0 aliphatic carbocycles. The number of thioether (sulfide) groups is 1. The lowest BCUT2D eigenvalue weighted by atomic mass is 10.1. The van der Waals surface area contributed by atoms with E-state index < -0.39 is 0 Å². The van der Waals surface area contributed by atoms with Crippen LogP contribution in [0.3, 0.4) is 0 Å². The van der Waals surface area contributed by atoms with Gasteiger partial charge in [0, 0.05) is 25.4 Å². The molecule has 3 heterocycles. The van der Waals surface area contributed by atoms with Crippen LogP contribution in [0.4, 0.5) is 0 Å². The van der Waals surface area contributed by atoms with Gasteiger partial charge in [0.15, 0.2) is 10.9 Å². The Morgan fingerprint density at radius 3 is 3.03 bits per heavy atom. The maximum absolute atomic E-state index is 11.9. The number of aryl methyl sites for hydroxylation is 2. The molecule has 2 aromatic rings. The first-order chi connectivity index (χ1) is 14.6. The number of rotatable bonds is 9. The van der Waals surface area contributed by atoms with Gasteiger partial charge >= 0.3 is 0 Å². The Kier molecular flexibility index (Phi) is 7.89. The van der Waals surface area contributed by atoms with Crippen LogP contribution in [0.25, 0.3) is 0 Å². The van der Waals surface area contributed by atoms with Gasteiger partial charge in [-0.05, 0) is 35.4 Å². The summed E-state index contributed by atoms with van der Waals surface area (Å²) in [6, 6.07) is 3.71. The number of pyridine rings is 1. The van der Waals surface area contributed by atoms with Gasteiger partial charge in [-0.2, -0.15) is 0 Å². The molecule has 0 saturated heterocycles. The van der Waals surface area contributed by atoms with Gasteiger partial charge in [-0.1, -0.05) is 42.7 Å². The van der Waals surface area contributed by atoms with Crippen molar-refractivity contribution in [1.82, 2.24) is 30.5 Å². The number of hydrogen-bond acceptors (Lipinski definition) is 9. The highest BCUT2D eigenvalue weighted by Crippen LogP contribution is 2.18. The number of nitrogens with one attached hydrogen (secondary N) is 1. The van der Waals surface area contributed by atoms with Crippen molar-refractivity contribution >= 4 is 28.5 Å².